The molecule has 24 heavy (non-hydrogen) atoms. The average molecular weight is 319 g/mol. The number of para-hydroxylation sites is 1. The van der Waals surface area contributed by atoms with Crippen molar-refractivity contribution in [3.05, 3.63) is 94.4 Å². The molecule has 0 N–H and O–H groups in total. The summed E-state index contributed by atoms with van der Waals surface area (Å²) >= 11 is 0. The zero-order chi connectivity index (χ0) is 16.9. The van der Waals surface area contributed by atoms with E-state index in [1.165, 1.54) is 16.8 Å². The van der Waals surface area contributed by atoms with Crippen molar-refractivity contribution in [3.63, 3.8) is 0 Å². The fourth-order valence-electron chi connectivity index (χ4n) is 2.40. The van der Waals surface area contributed by atoms with E-state index in [0.717, 1.165) is 5.56 Å². The molecular weight excluding hydrogens is 302 g/mol. The summed E-state index contributed by atoms with van der Waals surface area (Å²) in [6.45, 7) is 0.478. The summed E-state index contributed by atoms with van der Waals surface area (Å²) in [5.41, 5.74) is 1.62. The van der Waals surface area contributed by atoms with Gasteiger partial charge in [0.1, 0.15) is 5.69 Å². The van der Waals surface area contributed by atoms with Crippen molar-refractivity contribution in [3.8, 4) is 5.69 Å². The summed E-state index contributed by atoms with van der Waals surface area (Å²) in [5, 5.41) is 4.22. The van der Waals surface area contributed by atoms with Crippen LogP contribution in [-0.2, 0) is 6.54 Å². The number of hydrogen-bond acceptors (Lipinski definition) is 3. The number of nitrogens with zero attached hydrogens (tertiary/aromatic N) is 3. The molecule has 0 aliphatic heterocycles. The quantitative estimate of drug-likeness (QED) is 0.742. The Morgan fingerprint density at radius 2 is 1.58 bits per heavy atom. The smallest absolute Gasteiger partial charge is 0.274 e. The van der Waals surface area contributed by atoms with Gasteiger partial charge in [0.25, 0.3) is 11.5 Å². The first kappa shape index (κ1) is 15.7. The Balaban J connectivity index is 1.87. The van der Waals surface area contributed by atoms with Crippen LogP contribution in [0.25, 0.3) is 5.69 Å². The molecule has 0 spiro atoms. The number of aromatic nitrogens is 2. The molecule has 0 aliphatic rings. The topological polar surface area (TPSA) is 55.2 Å². The zero-order valence-corrected chi connectivity index (χ0v) is 13.3. The minimum absolute atomic E-state index is 0.233. The lowest BCUT2D eigenvalue weighted by Crippen LogP contribution is -2.30. The summed E-state index contributed by atoms with van der Waals surface area (Å²) in [5.74, 6) is -0.233. The van der Waals surface area contributed by atoms with E-state index >= 15 is 0 Å². The molecule has 0 atom stereocenters. The van der Waals surface area contributed by atoms with E-state index in [4.69, 9.17) is 0 Å². The van der Waals surface area contributed by atoms with Gasteiger partial charge in [-0.15, -0.1) is 0 Å². The first-order valence-corrected chi connectivity index (χ1v) is 7.60. The minimum atomic E-state index is -0.275. The Labute approximate surface area is 139 Å². The van der Waals surface area contributed by atoms with E-state index in [9.17, 15) is 9.59 Å². The molecule has 0 aliphatic carbocycles. The molecule has 2 aromatic carbocycles. The van der Waals surface area contributed by atoms with Crippen LogP contribution in [0.2, 0.25) is 0 Å². The Kier molecular flexibility index (Phi) is 4.52. The largest absolute Gasteiger partial charge is 0.336 e. The highest BCUT2D eigenvalue weighted by Gasteiger charge is 2.15. The van der Waals surface area contributed by atoms with Crippen LogP contribution in [0.5, 0.6) is 0 Å². The molecule has 1 aromatic heterocycles. The van der Waals surface area contributed by atoms with Gasteiger partial charge in [-0.1, -0.05) is 48.5 Å². The molecule has 3 aromatic rings. The molecule has 5 heteroatoms. The van der Waals surface area contributed by atoms with Gasteiger partial charge in [-0.25, -0.2) is 0 Å². The summed E-state index contributed by atoms with van der Waals surface area (Å²) in [6, 6.07) is 21.6. The molecule has 0 unspecified atom stereocenters. The van der Waals surface area contributed by atoms with Gasteiger partial charge in [0.15, 0.2) is 0 Å². The molecule has 0 radical (unpaired) electrons. The number of hydrogen-bond donors (Lipinski definition) is 0. The predicted molar refractivity (Wildman–Crippen MR) is 92.1 cm³/mol. The number of carbonyl (C=O) groups excluding carboxylic acids is 1. The molecule has 0 bridgehead atoms. The number of benzene rings is 2. The highest BCUT2D eigenvalue weighted by molar-refractivity contribution is 5.91. The van der Waals surface area contributed by atoms with Crippen LogP contribution < -0.4 is 5.56 Å². The van der Waals surface area contributed by atoms with Crippen molar-refractivity contribution in [2.24, 2.45) is 0 Å². The molecular formula is C19H17N3O2. The van der Waals surface area contributed by atoms with Crippen LogP contribution in [0, 0.1) is 0 Å². The van der Waals surface area contributed by atoms with E-state index in [1.807, 2.05) is 48.5 Å². The van der Waals surface area contributed by atoms with Gasteiger partial charge in [-0.05, 0) is 23.8 Å². The van der Waals surface area contributed by atoms with Crippen LogP contribution in [0.3, 0.4) is 0 Å². The van der Waals surface area contributed by atoms with Gasteiger partial charge in [0, 0.05) is 19.7 Å². The predicted octanol–water partition coefficient (Wildman–Crippen LogP) is 2.50. The summed E-state index contributed by atoms with van der Waals surface area (Å²) in [7, 11) is 1.72. The Bertz CT molecular complexity index is 889. The highest BCUT2D eigenvalue weighted by Crippen LogP contribution is 2.07. The van der Waals surface area contributed by atoms with E-state index in [-0.39, 0.29) is 17.2 Å². The Morgan fingerprint density at radius 3 is 2.25 bits per heavy atom. The first-order chi connectivity index (χ1) is 11.6. The zero-order valence-electron chi connectivity index (χ0n) is 13.3. The van der Waals surface area contributed by atoms with Crippen molar-refractivity contribution in [1.82, 2.24) is 14.7 Å². The molecule has 5 nitrogen and oxygen atoms in total. The minimum Gasteiger partial charge on any atom is -0.336 e. The van der Waals surface area contributed by atoms with Gasteiger partial charge in [-0.2, -0.15) is 9.78 Å². The maximum atomic E-state index is 12.6. The van der Waals surface area contributed by atoms with Crippen molar-refractivity contribution < 1.29 is 4.79 Å². The van der Waals surface area contributed by atoms with Crippen molar-refractivity contribution in [1.29, 1.82) is 0 Å². The number of rotatable bonds is 4. The fourth-order valence-corrected chi connectivity index (χ4v) is 2.40. The van der Waals surface area contributed by atoms with Crippen LogP contribution in [0.4, 0.5) is 0 Å². The summed E-state index contributed by atoms with van der Waals surface area (Å²) < 4.78 is 1.24. The van der Waals surface area contributed by atoms with E-state index < -0.39 is 0 Å². The molecule has 3 rings (SSSR count). The first-order valence-electron chi connectivity index (χ1n) is 7.60. The fraction of sp³-hybridized carbons (Fsp3) is 0.105. The molecule has 0 fully saturated rings. The SMILES string of the molecule is CN(Cc1ccccc1)C(=O)c1ccc(=O)n(-c2ccccc2)n1. The highest BCUT2D eigenvalue weighted by atomic mass is 16.2. The second-order valence-corrected chi connectivity index (χ2v) is 5.45. The van der Waals surface area contributed by atoms with E-state index in [0.29, 0.717) is 12.2 Å². The lowest BCUT2D eigenvalue weighted by molar-refractivity contribution is 0.0777. The third kappa shape index (κ3) is 3.41. The maximum Gasteiger partial charge on any atom is 0.274 e. The number of carbonyl (C=O) groups is 1. The van der Waals surface area contributed by atoms with Crippen LogP contribution >= 0.6 is 0 Å². The van der Waals surface area contributed by atoms with Gasteiger partial charge in [0.05, 0.1) is 5.69 Å². The Morgan fingerprint density at radius 1 is 0.958 bits per heavy atom. The third-order valence-corrected chi connectivity index (χ3v) is 3.63. The maximum absolute atomic E-state index is 12.6. The lowest BCUT2D eigenvalue weighted by Gasteiger charge is -2.17. The summed E-state index contributed by atoms with van der Waals surface area (Å²) in [6.07, 6.45) is 0. The van der Waals surface area contributed by atoms with Crippen LogP contribution in [0.1, 0.15) is 16.1 Å². The normalized spacial score (nSPS) is 10.4. The molecule has 1 heterocycles. The molecule has 0 saturated carbocycles. The lowest BCUT2D eigenvalue weighted by atomic mass is 10.2. The molecule has 1 amide bonds. The van der Waals surface area contributed by atoms with Crippen molar-refractivity contribution in [2.75, 3.05) is 7.05 Å². The Hall–Kier alpha value is -3.21. The van der Waals surface area contributed by atoms with E-state index in [1.54, 1.807) is 24.1 Å². The van der Waals surface area contributed by atoms with Gasteiger partial charge >= 0.3 is 0 Å². The second-order valence-electron chi connectivity index (χ2n) is 5.45. The second kappa shape index (κ2) is 6.91. The average Bonchev–Trinajstić information content (AvgIpc) is 2.63. The van der Waals surface area contributed by atoms with Gasteiger partial charge < -0.3 is 4.90 Å². The third-order valence-electron chi connectivity index (χ3n) is 3.63. The van der Waals surface area contributed by atoms with Crippen molar-refractivity contribution in [2.45, 2.75) is 6.54 Å². The molecule has 120 valence electrons. The van der Waals surface area contributed by atoms with Crippen LogP contribution in [-0.4, -0.2) is 27.6 Å². The summed E-state index contributed by atoms with van der Waals surface area (Å²) in [4.78, 5) is 26.2. The standard InChI is InChI=1S/C19H17N3O2/c1-21(14-15-8-4-2-5-9-15)19(24)17-12-13-18(23)22(20-17)16-10-6-3-7-11-16/h2-13H,14H2,1H3. The molecule has 0 saturated heterocycles. The van der Waals surface area contributed by atoms with Gasteiger partial charge in [0.2, 0.25) is 0 Å². The monoisotopic (exact) mass is 319 g/mol. The van der Waals surface area contributed by atoms with Crippen LogP contribution in [0.15, 0.2) is 77.6 Å². The van der Waals surface area contributed by atoms with Crippen molar-refractivity contribution >= 4 is 5.91 Å². The van der Waals surface area contributed by atoms with Gasteiger partial charge in [-0.3, -0.25) is 9.59 Å². The van der Waals surface area contributed by atoms with E-state index in [2.05, 4.69) is 5.10 Å². The number of amides is 1.